The maximum atomic E-state index is 13.5. The number of aromatic carboxylic acids is 1. The molecular formula is C13H9F3N2O2. The van der Waals surface area contributed by atoms with Crippen molar-refractivity contribution in [1.29, 1.82) is 0 Å². The van der Waals surface area contributed by atoms with Crippen LogP contribution in [0.2, 0.25) is 0 Å². The van der Waals surface area contributed by atoms with E-state index in [1.165, 1.54) is 18.2 Å². The number of anilines is 3. The Balaban J connectivity index is 2.53. The summed E-state index contributed by atoms with van der Waals surface area (Å²) < 4.78 is 39.7. The molecule has 0 unspecified atom stereocenters. The van der Waals surface area contributed by atoms with E-state index >= 15 is 0 Å². The molecule has 0 saturated heterocycles. The van der Waals surface area contributed by atoms with Crippen LogP contribution in [0.5, 0.6) is 0 Å². The predicted octanol–water partition coefficient (Wildman–Crippen LogP) is 3.13. The highest BCUT2D eigenvalue weighted by atomic mass is 19.2. The molecule has 0 aliphatic rings. The first kappa shape index (κ1) is 13.7. The van der Waals surface area contributed by atoms with E-state index in [1.54, 1.807) is 0 Å². The zero-order chi connectivity index (χ0) is 14.9. The summed E-state index contributed by atoms with van der Waals surface area (Å²) in [6.07, 6.45) is 0. The van der Waals surface area contributed by atoms with Gasteiger partial charge in [0.15, 0.2) is 11.6 Å². The second kappa shape index (κ2) is 5.12. The van der Waals surface area contributed by atoms with Gasteiger partial charge in [-0.3, -0.25) is 0 Å². The molecule has 0 aliphatic heterocycles. The maximum absolute atomic E-state index is 13.5. The van der Waals surface area contributed by atoms with Gasteiger partial charge >= 0.3 is 5.97 Å². The zero-order valence-corrected chi connectivity index (χ0v) is 9.95. The minimum Gasteiger partial charge on any atom is -0.478 e. The lowest BCUT2D eigenvalue weighted by Gasteiger charge is -2.13. The predicted molar refractivity (Wildman–Crippen MR) is 67.4 cm³/mol. The average Bonchev–Trinajstić information content (AvgIpc) is 2.37. The van der Waals surface area contributed by atoms with Crippen molar-refractivity contribution in [3.8, 4) is 0 Å². The first-order valence-corrected chi connectivity index (χ1v) is 5.43. The van der Waals surface area contributed by atoms with Crippen LogP contribution in [-0.4, -0.2) is 11.1 Å². The van der Waals surface area contributed by atoms with Crippen molar-refractivity contribution in [2.24, 2.45) is 0 Å². The second-order valence-electron chi connectivity index (χ2n) is 3.95. The first-order chi connectivity index (χ1) is 9.40. The van der Waals surface area contributed by atoms with Crippen LogP contribution in [0.3, 0.4) is 0 Å². The average molecular weight is 282 g/mol. The fraction of sp³-hybridized carbons (Fsp3) is 0. The second-order valence-corrected chi connectivity index (χ2v) is 3.95. The summed E-state index contributed by atoms with van der Waals surface area (Å²) in [6.45, 7) is 0. The Morgan fingerprint density at radius 3 is 2.55 bits per heavy atom. The van der Waals surface area contributed by atoms with Crippen molar-refractivity contribution in [1.82, 2.24) is 0 Å². The Morgan fingerprint density at radius 1 is 1.20 bits per heavy atom. The van der Waals surface area contributed by atoms with E-state index in [4.69, 9.17) is 10.8 Å². The molecule has 0 fully saturated rings. The molecule has 0 bridgehead atoms. The van der Waals surface area contributed by atoms with Crippen LogP contribution in [0.1, 0.15) is 10.4 Å². The molecule has 20 heavy (non-hydrogen) atoms. The van der Waals surface area contributed by atoms with E-state index in [1.807, 2.05) is 0 Å². The third-order valence-corrected chi connectivity index (χ3v) is 2.58. The lowest BCUT2D eigenvalue weighted by Crippen LogP contribution is -2.07. The molecule has 4 nitrogen and oxygen atoms in total. The largest absolute Gasteiger partial charge is 0.478 e. The van der Waals surface area contributed by atoms with Crippen molar-refractivity contribution in [2.45, 2.75) is 0 Å². The van der Waals surface area contributed by atoms with Crippen LogP contribution < -0.4 is 11.1 Å². The molecule has 104 valence electrons. The van der Waals surface area contributed by atoms with Crippen LogP contribution in [0.15, 0.2) is 30.3 Å². The number of carboxylic acid groups (broad SMARTS) is 1. The number of nitrogens with two attached hydrogens (primary N) is 1. The molecule has 4 N–H and O–H groups in total. The normalized spacial score (nSPS) is 10.3. The van der Waals surface area contributed by atoms with Crippen molar-refractivity contribution in [2.75, 3.05) is 11.1 Å². The van der Waals surface area contributed by atoms with Gasteiger partial charge < -0.3 is 16.2 Å². The third kappa shape index (κ3) is 2.51. The number of carbonyl (C=O) groups is 1. The summed E-state index contributed by atoms with van der Waals surface area (Å²) in [5.41, 5.74) is 4.69. The quantitative estimate of drug-likeness (QED) is 0.597. The highest BCUT2D eigenvalue weighted by Crippen LogP contribution is 2.30. The summed E-state index contributed by atoms with van der Waals surface area (Å²) in [5, 5.41) is 11.3. The number of carboxylic acids is 1. The van der Waals surface area contributed by atoms with Gasteiger partial charge in [0.2, 0.25) is 0 Å². The Morgan fingerprint density at radius 2 is 1.90 bits per heavy atom. The molecule has 0 saturated carbocycles. The van der Waals surface area contributed by atoms with Gasteiger partial charge in [0.1, 0.15) is 5.82 Å². The van der Waals surface area contributed by atoms with Crippen LogP contribution in [0, 0.1) is 17.5 Å². The number of halogens is 3. The van der Waals surface area contributed by atoms with Crippen molar-refractivity contribution < 1.29 is 23.1 Å². The van der Waals surface area contributed by atoms with E-state index in [9.17, 15) is 18.0 Å². The van der Waals surface area contributed by atoms with E-state index in [-0.39, 0.29) is 16.9 Å². The Kier molecular flexibility index (Phi) is 3.51. The number of nitrogen functional groups attached to an aromatic ring is 1. The Labute approximate surface area is 111 Å². The minimum atomic E-state index is -1.39. The molecule has 0 atom stereocenters. The molecule has 0 aromatic heterocycles. The van der Waals surface area contributed by atoms with E-state index < -0.39 is 29.1 Å². The number of hydrogen-bond acceptors (Lipinski definition) is 3. The molecule has 0 radical (unpaired) electrons. The molecule has 2 rings (SSSR count). The summed E-state index contributed by atoms with van der Waals surface area (Å²) in [4.78, 5) is 11.0. The smallest absolute Gasteiger partial charge is 0.337 e. The first-order valence-electron chi connectivity index (χ1n) is 5.43. The van der Waals surface area contributed by atoms with Gasteiger partial charge in [-0.2, -0.15) is 0 Å². The van der Waals surface area contributed by atoms with Crippen molar-refractivity contribution >= 4 is 23.0 Å². The monoisotopic (exact) mass is 282 g/mol. The number of benzene rings is 2. The van der Waals surface area contributed by atoms with Gasteiger partial charge in [0.05, 0.1) is 22.6 Å². The number of rotatable bonds is 3. The van der Waals surface area contributed by atoms with Gasteiger partial charge in [-0.05, 0) is 12.1 Å². The standard InChI is InChI=1S/C13H9F3N2O2/c14-6-4-8(15)11(16)10(5-6)18-12-7(13(19)20)2-1-3-9(12)17/h1-5,18H,17H2,(H,19,20). The van der Waals surface area contributed by atoms with Crippen LogP contribution in [-0.2, 0) is 0 Å². The molecular weight excluding hydrogens is 273 g/mol. The Bertz CT molecular complexity index is 690. The number of hydrogen-bond donors (Lipinski definition) is 3. The van der Waals surface area contributed by atoms with E-state index in [2.05, 4.69) is 5.32 Å². The molecule has 0 spiro atoms. The maximum Gasteiger partial charge on any atom is 0.337 e. The topological polar surface area (TPSA) is 75.4 Å². The van der Waals surface area contributed by atoms with Crippen LogP contribution in [0.25, 0.3) is 0 Å². The van der Waals surface area contributed by atoms with Gasteiger partial charge in [-0.25, -0.2) is 18.0 Å². The van der Waals surface area contributed by atoms with Crippen molar-refractivity contribution in [3.63, 3.8) is 0 Å². The highest BCUT2D eigenvalue weighted by Gasteiger charge is 2.16. The van der Waals surface area contributed by atoms with E-state index in [0.29, 0.717) is 12.1 Å². The lowest BCUT2D eigenvalue weighted by atomic mass is 10.1. The SMILES string of the molecule is Nc1cccc(C(=O)O)c1Nc1cc(F)cc(F)c1F. The highest BCUT2D eigenvalue weighted by molar-refractivity contribution is 5.98. The molecule has 7 heteroatoms. The molecule has 2 aromatic rings. The summed E-state index contributed by atoms with van der Waals surface area (Å²) >= 11 is 0. The summed E-state index contributed by atoms with van der Waals surface area (Å²) in [6, 6.07) is 5.09. The van der Waals surface area contributed by atoms with Crippen LogP contribution in [0.4, 0.5) is 30.2 Å². The molecule has 0 amide bonds. The minimum absolute atomic E-state index is 0.00830. The van der Waals surface area contributed by atoms with Gasteiger partial charge in [0, 0.05) is 12.1 Å². The van der Waals surface area contributed by atoms with E-state index in [0.717, 1.165) is 0 Å². The van der Waals surface area contributed by atoms with Crippen molar-refractivity contribution in [3.05, 3.63) is 53.3 Å². The third-order valence-electron chi connectivity index (χ3n) is 2.58. The van der Waals surface area contributed by atoms with Gasteiger partial charge in [-0.1, -0.05) is 6.07 Å². The molecule has 0 heterocycles. The van der Waals surface area contributed by atoms with Gasteiger partial charge in [0.25, 0.3) is 0 Å². The number of para-hydroxylation sites is 1. The fourth-order valence-electron chi connectivity index (χ4n) is 1.67. The van der Waals surface area contributed by atoms with Crippen LogP contribution >= 0.6 is 0 Å². The summed E-state index contributed by atoms with van der Waals surface area (Å²) in [7, 11) is 0. The van der Waals surface area contributed by atoms with Gasteiger partial charge in [-0.15, -0.1) is 0 Å². The molecule has 0 aliphatic carbocycles. The number of nitrogens with one attached hydrogen (secondary N) is 1. The Hall–Kier alpha value is -2.70. The lowest BCUT2D eigenvalue weighted by molar-refractivity contribution is 0.0698. The zero-order valence-electron chi connectivity index (χ0n) is 9.95. The fourth-order valence-corrected chi connectivity index (χ4v) is 1.67. The molecule has 2 aromatic carbocycles. The summed E-state index contributed by atoms with van der Waals surface area (Å²) in [5.74, 6) is -5.03.